The fourth-order valence-corrected chi connectivity index (χ4v) is 2.55. The zero-order valence-electron chi connectivity index (χ0n) is 13.3. The van der Waals surface area contributed by atoms with Crippen LogP contribution in [0.4, 0.5) is 0 Å². The molecule has 1 atom stereocenters. The van der Waals surface area contributed by atoms with Gasteiger partial charge in [-0.25, -0.2) is 0 Å². The summed E-state index contributed by atoms with van der Waals surface area (Å²) in [4.78, 5) is 0. The maximum Gasteiger partial charge on any atom is 0.120 e. The SMILES string of the molecule is CCNC(c1cccc(OC(C)C)c1)c1ccoc1CC. The van der Waals surface area contributed by atoms with E-state index in [2.05, 4.69) is 37.4 Å². The van der Waals surface area contributed by atoms with Crippen LogP contribution in [0.15, 0.2) is 41.0 Å². The Balaban J connectivity index is 2.34. The second-order valence-electron chi connectivity index (χ2n) is 5.38. The molecule has 21 heavy (non-hydrogen) atoms. The molecule has 114 valence electrons. The van der Waals surface area contributed by atoms with Gasteiger partial charge in [0.2, 0.25) is 0 Å². The van der Waals surface area contributed by atoms with E-state index in [1.54, 1.807) is 6.26 Å². The van der Waals surface area contributed by atoms with Gasteiger partial charge in [-0.05, 0) is 44.2 Å². The first kappa shape index (κ1) is 15.6. The van der Waals surface area contributed by atoms with Crippen LogP contribution in [0.2, 0.25) is 0 Å². The average Bonchev–Trinajstić information content (AvgIpc) is 2.92. The summed E-state index contributed by atoms with van der Waals surface area (Å²) in [6.07, 6.45) is 2.84. The van der Waals surface area contributed by atoms with Crippen molar-refractivity contribution in [2.45, 2.75) is 46.3 Å². The number of benzene rings is 1. The van der Waals surface area contributed by atoms with Crippen molar-refractivity contribution in [3.8, 4) is 5.75 Å². The minimum absolute atomic E-state index is 0.138. The number of furan rings is 1. The van der Waals surface area contributed by atoms with E-state index >= 15 is 0 Å². The van der Waals surface area contributed by atoms with E-state index in [9.17, 15) is 0 Å². The molecular formula is C18H25NO2. The van der Waals surface area contributed by atoms with Gasteiger partial charge in [0.15, 0.2) is 0 Å². The van der Waals surface area contributed by atoms with E-state index < -0.39 is 0 Å². The van der Waals surface area contributed by atoms with Crippen LogP contribution in [0.3, 0.4) is 0 Å². The Morgan fingerprint density at radius 3 is 2.67 bits per heavy atom. The van der Waals surface area contributed by atoms with Crippen molar-refractivity contribution in [1.29, 1.82) is 0 Å². The zero-order chi connectivity index (χ0) is 15.2. The molecule has 3 nitrogen and oxygen atoms in total. The molecule has 0 aliphatic heterocycles. The van der Waals surface area contributed by atoms with Crippen LogP contribution >= 0.6 is 0 Å². The van der Waals surface area contributed by atoms with Crippen LogP contribution in [-0.2, 0) is 6.42 Å². The van der Waals surface area contributed by atoms with Gasteiger partial charge in [-0.1, -0.05) is 26.0 Å². The van der Waals surface area contributed by atoms with Gasteiger partial charge < -0.3 is 14.5 Å². The first-order valence-corrected chi connectivity index (χ1v) is 7.72. The molecule has 0 radical (unpaired) electrons. The van der Waals surface area contributed by atoms with Crippen LogP contribution in [0.5, 0.6) is 5.75 Å². The largest absolute Gasteiger partial charge is 0.491 e. The highest BCUT2D eigenvalue weighted by Gasteiger charge is 2.18. The Morgan fingerprint density at radius 1 is 1.19 bits per heavy atom. The molecule has 1 N–H and O–H groups in total. The summed E-state index contributed by atoms with van der Waals surface area (Å²) in [5, 5.41) is 3.54. The van der Waals surface area contributed by atoms with Gasteiger partial charge in [0, 0.05) is 12.0 Å². The highest BCUT2D eigenvalue weighted by Crippen LogP contribution is 2.29. The number of nitrogens with one attached hydrogen (secondary N) is 1. The molecule has 1 heterocycles. The van der Waals surface area contributed by atoms with Crippen molar-refractivity contribution in [2.24, 2.45) is 0 Å². The Kier molecular flexibility index (Phi) is 5.45. The van der Waals surface area contributed by atoms with Gasteiger partial charge >= 0.3 is 0 Å². The summed E-state index contributed by atoms with van der Waals surface area (Å²) in [6.45, 7) is 9.21. The molecule has 0 fully saturated rings. The molecule has 0 spiro atoms. The second kappa shape index (κ2) is 7.32. The van der Waals surface area contributed by atoms with E-state index in [0.717, 1.165) is 24.5 Å². The summed E-state index contributed by atoms with van der Waals surface area (Å²) in [6, 6.07) is 10.5. The Bertz CT molecular complexity index is 560. The van der Waals surface area contributed by atoms with Gasteiger partial charge in [-0.3, -0.25) is 0 Å². The molecule has 1 aromatic heterocycles. The van der Waals surface area contributed by atoms with Crippen LogP contribution in [0, 0.1) is 0 Å². The second-order valence-corrected chi connectivity index (χ2v) is 5.38. The molecule has 0 amide bonds. The van der Waals surface area contributed by atoms with E-state index in [1.807, 2.05) is 26.0 Å². The predicted octanol–water partition coefficient (Wildman–Crippen LogP) is 4.33. The van der Waals surface area contributed by atoms with Gasteiger partial charge in [0.1, 0.15) is 11.5 Å². The van der Waals surface area contributed by atoms with Crippen LogP contribution in [-0.4, -0.2) is 12.6 Å². The highest BCUT2D eigenvalue weighted by atomic mass is 16.5. The number of hydrogen-bond donors (Lipinski definition) is 1. The maximum atomic E-state index is 5.81. The van der Waals surface area contributed by atoms with Crippen LogP contribution in [0.25, 0.3) is 0 Å². The summed E-state index contributed by atoms with van der Waals surface area (Å²) in [5.74, 6) is 1.95. The van der Waals surface area contributed by atoms with E-state index in [1.165, 1.54) is 11.1 Å². The zero-order valence-corrected chi connectivity index (χ0v) is 13.3. The third-order valence-corrected chi connectivity index (χ3v) is 3.38. The number of hydrogen-bond acceptors (Lipinski definition) is 3. The fraction of sp³-hybridized carbons (Fsp3) is 0.444. The lowest BCUT2D eigenvalue weighted by atomic mass is 9.98. The van der Waals surface area contributed by atoms with Crippen molar-refractivity contribution >= 4 is 0 Å². The topological polar surface area (TPSA) is 34.4 Å². The lowest BCUT2D eigenvalue weighted by molar-refractivity contribution is 0.242. The predicted molar refractivity (Wildman–Crippen MR) is 85.8 cm³/mol. The van der Waals surface area contributed by atoms with Crippen molar-refractivity contribution < 1.29 is 9.15 Å². The maximum absolute atomic E-state index is 5.81. The molecule has 0 aliphatic carbocycles. The van der Waals surface area contributed by atoms with Gasteiger partial charge in [0.25, 0.3) is 0 Å². The summed E-state index contributed by atoms with van der Waals surface area (Å²) >= 11 is 0. The Morgan fingerprint density at radius 2 is 2.00 bits per heavy atom. The monoisotopic (exact) mass is 287 g/mol. The van der Waals surface area contributed by atoms with E-state index in [-0.39, 0.29) is 12.1 Å². The van der Waals surface area contributed by atoms with E-state index in [4.69, 9.17) is 9.15 Å². The molecule has 0 saturated carbocycles. The first-order valence-electron chi connectivity index (χ1n) is 7.72. The lowest BCUT2D eigenvalue weighted by Crippen LogP contribution is -2.22. The molecule has 2 aromatic rings. The highest BCUT2D eigenvalue weighted by molar-refractivity contribution is 5.37. The molecule has 2 rings (SSSR count). The quantitative estimate of drug-likeness (QED) is 0.823. The van der Waals surface area contributed by atoms with Crippen molar-refractivity contribution in [3.05, 3.63) is 53.5 Å². The standard InChI is InChI=1S/C18H25NO2/c1-5-17-16(10-11-20-17)18(19-6-2)14-8-7-9-15(12-14)21-13(3)4/h7-13,18-19H,5-6H2,1-4H3. The smallest absolute Gasteiger partial charge is 0.120 e. The van der Waals surface area contributed by atoms with Crippen molar-refractivity contribution in [1.82, 2.24) is 5.32 Å². The third kappa shape index (κ3) is 3.88. The Labute approximate surface area is 127 Å². The normalized spacial score (nSPS) is 12.6. The lowest BCUT2D eigenvalue weighted by Gasteiger charge is -2.20. The van der Waals surface area contributed by atoms with Gasteiger partial charge in [0.05, 0.1) is 18.4 Å². The third-order valence-electron chi connectivity index (χ3n) is 3.38. The number of aryl methyl sites for hydroxylation is 1. The average molecular weight is 287 g/mol. The van der Waals surface area contributed by atoms with Crippen molar-refractivity contribution in [3.63, 3.8) is 0 Å². The molecule has 0 aliphatic rings. The molecule has 0 saturated heterocycles. The van der Waals surface area contributed by atoms with Gasteiger partial charge in [-0.15, -0.1) is 0 Å². The van der Waals surface area contributed by atoms with Gasteiger partial charge in [-0.2, -0.15) is 0 Å². The Hall–Kier alpha value is -1.74. The van der Waals surface area contributed by atoms with E-state index in [0.29, 0.717) is 0 Å². The van der Waals surface area contributed by atoms with Crippen LogP contribution in [0.1, 0.15) is 50.6 Å². The van der Waals surface area contributed by atoms with Crippen LogP contribution < -0.4 is 10.1 Å². The first-order chi connectivity index (χ1) is 10.2. The molecule has 0 bridgehead atoms. The fourth-order valence-electron chi connectivity index (χ4n) is 2.55. The summed E-state index contributed by atoms with van der Waals surface area (Å²) < 4.78 is 11.4. The van der Waals surface area contributed by atoms with Crippen molar-refractivity contribution in [2.75, 3.05) is 6.54 Å². The minimum atomic E-state index is 0.138. The molecule has 1 unspecified atom stereocenters. The summed E-state index contributed by atoms with van der Waals surface area (Å²) in [5.41, 5.74) is 2.41. The molecule has 1 aromatic carbocycles. The minimum Gasteiger partial charge on any atom is -0.491 e. The number of rotatable bonds is 7. The molecular weight excluding hydrogens is 262 g/mol. The number of ether oxygens (including phenoxy) is 1. The summed E-state index contributed by atoms with van der Waals surface area (Å²) in [7, 11) is 0. The molecule has 3 heteroatoms.